The quantitative estimate of drug-likeness (QED) is 0.683. The highest BCUT2D eigenvalue weighted by atomic mass is 16.6. The number of hydrogen-bond acceptors (Lipinski definition) is 5. The Hall–Kier alpha value is -3.34. The molecule has 1 aliphatic rings. The van der Waals surface area contributed by atoms with E-state index in [1.54, 1.807) is 24.3 Å². The lowest BCUT2D eigenvalue weighted by Crippen LogP contribution is -2.01. The van der Waals surface area contributed by atoms with Crippen LogP contribution in [0.4, 0.5) is 0 Å². The Labute approximate surface area is 145 Å². The third-order valence-corrected chi connectivity index (χ3v) is 3.64. The van der Waals surface area contributed by atoms with Gasteiger partial charge in [0.05, 0.1) is 7.11 Å². The summed E-state index contributed by atoms with van der Waals surface area (Å²) in [6.45, 7) is 2.02. The van der Waals surface area contributed by atoms with Crippen LogP contribution in [0.25, 0.3) is 12.2 Å². The maximum atomic E-state index is 11.9. The van der Waals surface area contributed by atoms with Crippen molar-refractivity contribution < 1.29 is 19.4 Å². The second-order valence-corrected chi connectivity index (χ2v) is 5.54. The molecule has 0 unspecified atom stereocenters. The lowest BCUT2D eigenvalue weighted by molar-refractivity contribution is -0.129. The van der Waals surface area contributed by atoms with Crippen molar-refractivity contribution in [2.24, 2.45) is 4.99 Å². The molecular weight excluding hydrogens is 318 g/mol. The van der Waals surface area contributed by atoms with Gasteiger partial charge in [-0.15, -0.1) is 0 Å². The normalized spacial score (nSPS) is 15.5. The van der Waals surface area contributed by atoms with Crippen molar-refractivity contribution in [3.8, 4) is 11.5 Å². The average Bonchev–Trinajstić information content (AvgIpc) is 2.96. The number of carbonyl (C=O) groups is 1. The van der Waals surface area contributed by atoms with Gasteiger partial charge in [0, 0.05) is 6.08 Å². The molecule has 0 saturated heterocycles. The van der Waals surface area contributed by atoms with Crippen LogP contribution in [0.5, 0.6) is 11.5 Å². The number of phenols is 1. The van der Waals surface area contributed by atoms with Crippen LogP contribution in [0.3, 0.4) is 0 Å². The van der Waals surface area contributed by atoms with Gasteiger partial charge < -0.3 is 14.6 Å². The molecule has 0 spiro atoms. The first-order valence-electron chi connectivity index (χ1n) is 7.69. The topological polar surface area (TPSA) is 68.1 Å². The zero-order valence-corrected chi connectivity index (χ0v) is 13.9. The van der Waals surface area contributed by atoms with Crippen LogP contribution < -0.4 is 4.74 Å². The van der Waals surface area contributed by atoms with E-state index in [1.165, 1.54) is 18.7 Å². The van der Waals surface area contributed by atoms with Gasteiger partial charge in [-0.25, -0.2) is 9.79 Å². The van der Waals surface area contributed by atoms with Gasteiger partial charge in [0.15, 0.2) is 17.2 Å². The molecule has 0 saturated carbocycles. The molecular formula is C20H17NO4. The van der Waals surface area contributed by atoms with Gasteiger partial charge in [0.25, 0.3) is 0 Å². The maximum Gasteiger partial charge on any atom is 0.363 e. The van der Waals surface area contributed by atoms with Crippen molar-refractivity contribution in [3.05, 3.63) is 70.9 Å². The van der Waals surface area contributed by atoms with Crippen LogP contribution in [0.1, 0.15) is 16.7 Å². The molecule has 126 valence electrons. The minimum absolute atomic E-state index is 0.0314. The number of benzene rings is 2. The summed E-state index contributed by atoms with van der Waals surface area (Å²) < 4.78 is 10.2. The smallest absolute Gasteiger partial charge is 0.363 e. The van der Waals surface area contributed by atoms with E-state index in [-0.39, 0.29) is 17.3 Å². The van der Waals surface area contributed by atoms with E-state index in [1.807, 2.05) is 37.3 Å². The molecule has 0 aliphatic carbocycles. The van der Waals surface area contributed by atoms with Gasteiger partial charge in [0.2, 0.25) is 5.90 Å². The average molecular weight is 335 g/mol. The number of aromatic hydroxyl groups is 1. The second kappa shape index (κ2) is 7.05. The molecule has 2 aromatic carbocycles. The number of carbonyl (C=O) groups excluding carboxylic acids is 1. The summed E-state index contributed by atoms with van der Waals surface area (Å²) in [5.74, 6) is 0.0752. The highest BCUT2D eigenvalue weighted by Crippen LogP contribution is 2.28. The van der Waals surface area contributed by atoms with Crippen molar-refractivity contribution in [3.63, 3.8) is 0 Å². The molecule has 0 amide bonds. The van der Waals surface area contributed by atoms with Gasteiger partial charge in [-0.2, -0.15) is 0 Å². The highest BCUT2D eigenvalue weighted by Gasteiger charge is 2.21. The van der Waals surface area contributed by atoms with Crippen LogP contribution in [-0.2, 0) is 9.53 Å². The Balaban J connectivity index is 1.81. The van der Waals surface area contributed by atoms with Crippen LogP contribution in [0, 0.1) is 6.92 Å². The van der Waals surface area contributed by atoms with Gasteiger partial charge in [0.1, 0.15) is 0 Å². The third kappa shape index (κ3) is 3.95. The fraction of sp³-hybridized carbons (Fsp3) is 0.100. The molecule has 25 heavy (non-hydrogen) atoms. The second-order valence-electron chi connectivity index (χ2n) is 5.54. The predicted molar refractivity (Wildman–Crippen MR) is 96.4 cm³/mol. The van der Waals surface area contributed by atoms with Crippen molar-refractivity contribution >= 4 is 24.0 Å². The van der Waals surface area contributed by atoms with Gasteiger partial charge in [-0.1, -0.05) is 35.9 Å². The zero-order valence-electron chi connectivity index (χ0n) is 13.9. The molecule has 5 heteroatoms. The first-order valence-corrected chi connectivity index (χ1v) is 7.69. The number of cyclic esters (lactones) is 1. The number of nitrogens with zero attached hydrogens (tertiary/aromatic N) is 1. The minimum atomic E-state index is -0.518. The minimum Gasteiger partial charge on any atom is -0.504 e. The summed E-state index contributed by atoms with van der Waals surface area (Å²) in [5.41, 5.74) is 3.03. The highest BCUT2D eigenvalue weighted by molar-refractivity contribution is 6.11. The lowest BCUT2D eigenvalue weighted by atomic mass is 10.1. The Morgan fingerprint density at radius 3 is 2.52 bits per heavy atom. The summed E-state index contributed by atoms with van der Waals surface area (Å²) in [6.07, 6.45) is 5.07. The summed E-state index contributed by atoms with van der Waals surface area (Å²) in [4.78, 5) is 16.1. The van der Waals surface area contributed by atoms with Gasteiger partial charge in [-0.3, -0.25) is 0 Å². The molecule has 0 atom stereocenters. The predicted octanol–water partition coefficient (Wildman–Crippen LogP) is 3.72. The maximum absolute atomic E-state index is 11.9. The van der Waals surface area contributed by atoms with Crippen LogP contribution in [0.2, 0.25) is 0 Å². The van der Waals surface area contributed by atoms with Crippen LogP contribution in [-0.4, -0.2) is 24.1 Å². The molecule has 0 aromatic heterocycles. The number of esters is 1. The largest absolute Gasteiger partial charge is 0.504 e. The molecule has 5 nitrogen and oxygen atoms in total. The molecule has 1 heterocycles. The van der Waals surface area contributed by atoms with Crippen molar-refractivity contribution in [1.29, 1.82) is 0 Å². The number of rotatable bonds is 4. The molecule has 1 aliphatic heterocycles. The van der Waals surface area contributed by atoms with E-state index < -0.39 is 5.97 Å². The van der Waals surface area contributed by atoms with E-state index in [2.05, 4.69) is 4.99 Å². The summed E-state index contributed by atoms with van der Waals surface area (Å²) in [7, 11) is 1.46. The number of ether oxygens (including phenoxy) is 2. The molecule has 0 radical (unpaired) electrons. The number of aliphatic imine (C=N–C) groups is 1. The van der Waals surface area contributed by atoms with E-state index in [0.29, 0.717) is 11.3 Å². The van der Waals surface area contributed by atoms with E-state index in [4.69, 9.17) is 9.47 Å². The Bertz CT molecular complexity index is 892. The SMILES string of the molecule is COc1cc(C=C2N=C(/C=C/c3ccc(C)cc3)OC2=O)ccc1O. The van der Waals surface area contributed by atoms with Crippen LogP contribution in [0.15, 0.2) is 59.2 Å². The van der Waals surface area contributed by atoms with Gasteiger partial charge >= 0.3 is 5.97 Å². The van der Waals surface area contributed by atoms with E-state index >= 15 is 0 Å². The monoisotopic (exact) mass is 335 g/mol. The zero-order chi connectivity index (χ0) is 17.8. The van der Waals surface area contributed by atoms with Gasteiger partial charge in [-0.05, 0) is 42.3 Å². The van der Waals surface area contributed by atoms with Crippen molar-refractivity contribution in [2.45, 2.75) is 6.92 Å². The van der Waals surface area contributed by atoms with E-state index in [0.717, 1.165) is 5.56 Å². The molecule has 2 aromatic rings. The number of methoxy groups -OCH3 is 1. The van der Waals surface area contributed by atoms with Crippen molar-refractivity contribution in [1.82, 2.24) is 0 Å². The third-order valence-electron chi connectivity index (χ3n) is 3.64. The lowest BCUT2D eigenvalue weighted by Gasteiger charge is -2.03. The van der Waals surface area contributed by atoms with E-state index in [9.17, 15) is 9.90 Å². The molecule has 0 bridgehead atoms. The Morgan fingerprint density at radius 1 is 1.08 bits per heavy atom. The number of aryl methyl sites for hydroxylation is 1. The Morgan fingerprint density at radius 2 is 1.80 bits per heavy atom. The number of phenolic OH excluding ortho intramolecular Hbond substituents is 1. The Kier molecular flexibility index (Phi) is 4.66. The summed E-state index contributed by atoms with van der Waals surface area (Å²) in [6, 6.07) is 12.7. The molecule has 0 fully saturated rings. The first kappa shape index (κ1) is 16.5. The summed E-state index contributed by atoms with van der Waals surface area (Å²) >= 11 is 0. The molecule has 1 N–H and O–H groups in total. The van der Waals surface area contributed by atoms with Crippen LogP contribution >= 0.6 is 0 Å². The molecule has 3 rings (SSSR count). The standard InChI is InChI=1S/C20H17NO4/c1-13-3-5-14(6-4-13)8-10-19-21-16(20(23)25-19)11-15-7-9-17(22)18(12-15)24-2/h3-12,22H,1-2H3/b10-8+,16-11?. The fourth-order valence-corrected chi connectivity index (χ4v) is 2.28. The first-order chi connectivity index (χ1) is 12.0. The van der Waals surface area contributed by atoms with Crippen molar-refractivity contribution in [2.75, 3.05) is 7.11 Å². The number of hydrogen-bond donors (Lipinski definition) is 1. The fourth-order valence-electron chi connectivity index (χ4n) is 2.28. The summed E-state index contributed by atoms with van der Waals surface area (Å²) in [5, 5.41) is 9.61.